The minimum atomic E-state index is -0.0807. The van der Waals surface area contributed by atoms with Gasteiger partial charge in [-0.2, -0.15) is 0 Å². The van der Waals surface area contributed by atoms with E-state index < -0.39 is 0 Å². The van der Waals surface area contributed by atoms with Gasteiger partial charge >= 0.3 is 0 Å². The van der Waals surface area contributed by atoms with Gasteiger partial charge < -0.3 is 10.1 Å². The van der Waals surface area contributed by atoms with E-state index in [4.69, 9.17) is 4.74 Å². The molecule has 0 radical (unpaired) electrons. The van der Waals surface area contributed by atoms with Gasteiger partial charge in [-0.3, -0.25) is 9.69 Å². The molecule has 146 valence electrons. The van der Waals surface area contributed by atoms with Gasteiger partial charge in [0.15, 0.2) is 6.61 Å². The van der Waals surface area contributed by atoms with E-state index >= 15 is 0 Å². The van der Waals surface area contributed by atoms with Crippen molar-refractivity contribution in [2.45, 2.75) is 32.7 Å². The van der Waals surface area contributed by atoms with Crippen molar-refractivity contribution in [1.29, 1.82) is 0 Å². The molecule has 1 unspecified atom stereocenters. The number of likely N-dealkylation sites (tertiary alicyclic amines) is 1. The number of nitrogens with zero attached hydrogens (tertiary/aromatic N) is 1. The first-order chi connectivity index (χ1) is 12.6. The van der Waals surface area contributed by atoms with Crippen LogP contribution >= 0.6 is 12.4 Å². The predicted molar refractivity (Wildman–Crippen MR) is 112 cm³/mol. The third kappa shape index (κ3) is 6.26. The molecule has 5 heteroatoms. The fourth-order valence-electron chi connectivity index (χ4n) is 3.42. The molecule has 1 heterocycles. The Kier molecular flexibility index (Phi) is 8.14. The second kappa shape index (κ2) is 10.3. The number of carbonyl (C=O) groups excluding carboxylic acids is 1. The van der Waals surface area contributed by atoms with Crippen LogP contribution in [0.25, 0.3) is 0 Å². The summed E-state index contributed by atoms with van der Waals surface area (Å²) < 4.78 is 5.60. The number of hydrogen-bond acceptors (Lipinski definition) is 3. The topological polar surface area (TPSA) is 41.6 Å². The Morgan fingerprint density at radius 1 is 1.07 bits per heavy atom. The van der Waals surface area contributed by atoms with Crippen molar-refractivity contribution in [2.24, 2.45) is 0 Å². The van der Waals surface area contributed by atoms with Gasteiger partial charge in [-0.25, -0.2) is 0 Å². The van der Waals surface area contributed by atoms with E-state index in [1.165, 1.54) is 24.0 Å². The standard InChI is InChI=1S/C22H28N2O2.ClH/c1-17-8-10-19(11-9-17)21(24-12-3-4-13-24)15-23-22(25)16-26-20-7-5-6-18(2)14-20;/h5-11,14,21H,3-4,12-13,15-16H2,1-2H3,(H,23,25);1H. The van der Waals surface area contributed by atoms with E-state index in [1.807, 2.05) is 31.2 Å². The first kappa shape index (κ1) is 21.3. The molecule has 1 N–H and O–H groups in total. The molecule has 1 atom stereocenters. The molecule has 1 saturated heterocycles. The molecule has 0 saturated carbocycles. The molecule has 1 aliphatic heterocycles. The largest absolute Gasteiger partial charge is 0.484 e. The fourth-order valence-corrected chi connectivity index (χ4v) is 3.42. The Bertz CT molecular complexity index is 727. The Morgan fingerprint density at radius 3 is 2.44 bits per heavy atom. The SMILES string of the molecule is Cc1ccc(C(CNC(=O)COc2cccc(C)c2)N2CCCC2)cc1.Cl. The third-order valence-corrected chi connectivity index (χ3v) is 4.90. The highest BCUT2D eigenvalue weighted by atomic mass is 35.5. The van der Waals surface area contributed by atoms with Gasteiger partial charge in [0.1, 0.15) is 5.75 Å². The summed E-state index contributed by atoms with van der Waals surface area (Å²) in [7, 11) is 0. The zero-order valence-electron chi connectivity index (χ0n) is 16.1. The molecular formula is C22H29ClN2O2. The molecule has 3 rings (SSSR count). The summed E-state index contributed by atoms with van der Waals surface area (Å²) in [4.78, 5) is 14.7. The van der Waals surface area contributed by atoms with Crippen molar-refractivity contribution < 1.29 is 9.53 Å². The molecule has 0 aliphatic carbocycles. The van der Waals surface area contributed by atoms with Crippen LogP contribution in [0.4, 0.5) is 0 Å². The van der Waals surface area contributed by atoms with Gasteiger partial charge in [-0.05, 0) is 63.0 Å². The van der Waals surface area contributed by atoms with Crippen molar-refractivity contribution in [2.75, 3.05) is 26.2 Å². The Hall–Kier alpha value is -2.04. The van der Waals surface area contributed by atoms with E-state index in [2.05, 4.69) is 41.4 Å². The van der Waals surface area contributed by atoms with Crippen LogP contribution in [-0.2, 0) is 4.79 Å². The lowest BCUT2D eigenvalue weighted by atomic mass is 10.0. The van der Waals surface area contributed by atoms with Crippen LogP contribution in [0.3, 0.4) is 0 Å². The van der Waals surface area contributed by atoms with Crippen LogP contribution in [0, 0.1) is 13.8 Å². The molecule has 0 bridgehead atoms. The molecule has 0 spiro atoms. The minimum absolute atomic E-state index is 0. The van der Waals surface area contributed by atoms with Crippen LogP contribution in [0.2, 0.25) is 0 Å². The number of halogens is 1. The molecule has 4 nitrogen and oxygen atoms in total. The van der Waals surface area contributed by atoms with Crippen molar-refractivity contribution in [3.05, 3.63) is 65.2 Å². The first-order valence-electron chi connectivity index (χ1n) is 9.38. The number of benzene rings is 2. The van der Waals surface area contributed by atoms with Crippen LogP contribution in [0.1, 0.15) is 35.6 Å². The van der Waals surface area contributed by atoms with Crippen LogP contribution in [-0.4, -0.2) is 37.0 Å². The van der Waals surface area contributed by atoms with Crippen LogP contribution < -0.4 is 10.1 Å². The van der Waals surface area contributed by atoms with Gasteiger partial charge in [-0.15, -0.1) is 12.4 Å². The molecular weight excluding hydrogens is 360 g/mol. The Morgan fingerprint density at radius 2 is 1.78 bits per heavy atom. The number of ether oxygens (including phenoxy) is 1. The lowest BCUT2D eigenvalue weighted by molar-refractivity contribution is -0.123. The van der Waals surface area contributed by atoms with E-state index in [9.17, 15) is 4.79 Å². The second-order valence-corrected chi connectivity index (χ2v) is 7.08. The van der Waals surface area contributed by atoms with Crippen molar-refractivity contribution >= 4 is 18.3 Å². The zero-order chi connectivity index (χ0) is 18.4. The summed E-state index contributed by atoms with van der Waals surface area (Å²) in [5.41, 5.74) is 3.64. The monoisotopic (exact) mass is 388 g/mol. The number of hydrogen-bond donors (Lipinski definition) is 1. The lowest BCUT2D eigenvalue weighted by Gasteiger charge is -2.28. The minimum Gasteiger partial charge on any atom is -0.484 e. The van der Waals surface area contributed by atoms with Crippen LogP contribution in [0.15, 0.2) is 48.5 Å². The van der Waals surface area contributed by atoms with Gasteiger partial charge in [0.2, 0.25) is 0 Å². The summed E-state index contributed by atoms with van der Waals surface area (Å²) in [5, 5.41) is 3.05. The van der Waals surface area contributed by atoms with E-state index in [-0.39, 0.29) is 31.0 Å². The first-order valence-corrected chi connectivity index (χ1v) is 9.38. The highest BCUT2D eigenvalue weighted by Crippen LogP contribution is 2.25. The van der Waals surface area contributed by atoms with Crippen molar-refractivity contribution in [3.8, 4) is 5.75 Å². The number of amides is 1. The summed E-state index contributed by atoms with van der Waals surface area (Å²) in [6, 6.07) is 16.6. The maximum atomic E-state index is 12.3. The maximum Gasteiger partial charge on any atom is 0.258 e. The molecule has 0 aromatic heterocycles. The highest BCUT2D eigenvalue weighted by molar-refractivity contribution is 5.85. The number of aryl methyl sites for hydroxylation is 2. The molecule has 1 amide bonds. The highest BCUT2D eigenvalue weighted by Gasteiger charge is 2.23. The smallest absolute Gasteiger partial charge is 0.258 e. The van der Waals surface area contributed by atoms with E-state index in [0.29, 0.717) is 6.54 Å². The number of rotatable bonds is 7. The van der Waals surface area contributed by atoms with Crippen molar-refractivity contribution in [1.82, 2.24) is 10.2 Å². The average Bonchev–Trinajstić information content (AvgIpc) is 3.16. The van der Waals surface area contributed by atoms with Gasteiger partial charge in [-0.1, -0.05) is 42.0 Å². The van der Waals surface area contributed by atoms with Gasteiger partial charge in [0.25, 0.3) is 5.91 Å². The third-order valence-electron chi connectivity index (χ3n) is 4.90. The Labute approximate surface area is 168 Å². The Balaban J connectivity index is 0.00000261. The van der Waals surface area contributed by atoms with Crippen molar-refractivity contribution in [3.63, 3.8) is 0 Å². The van der Waals surface area contributed by atoms with E-state index in [1.54, 1.807) is 0 Å². The zero-order valence-corrected chi connectivity index (χ0v) is 16.9. The molecule has 2 aromatic rings. The number of carbonyl (C=O) groups is 1. The van der Waals surface area contributed by atoms with E-state index in [0.717, 1.165) is 24.4 Å². The summed E-state index contributed by atoms with van der Waals surface area (Å²) >= 11 is 0. The summed E-state index contributed by atoms with van der Waals surface area (Å²) in [5.74, 6) is 0.651. The lowest BCUT2D eigenvalue weighted by Crippen LogP contribution is -2.38. The van der Waals surface area contributed by atoms with Crippen LogP contribution in [0.5, 0.6) is 5.75 Å². The molecule has 27 heavy (non-hydrogen) atoms. The molecule has 2 aromatic carbocycles. The maximum absolute atomic E-state index is 12.3. The van der Waals surface area contributed by atoms with Gasteiger partial charge in [0, 0.05) is 6.54 Å². The molecule has 1 fully saturated rings. The molecule has 1 aliphatic rings. The average molecular weight is 389 g/mol. The normalized spacial score (nSPS) is 15.0. The fraction of sp³-hybridized carbons (Fsp3) is 0.409. The summed E-state index contributed by atoms with van der Waals surface area (Å²) in [6.45, 7) is 6.94. The summed E-state index contributed by atoms with van der Waals surface area (Å²) in [6.07, 6.45) is 2.46. The predicted octanol–water partition coefficient (Wildman–Crippen LogP) is 4.06. The van der Waals surface area contributed by atoms with Gasteiger partial charge in [0.05, 0.1) is 6.04 Å². The second-order valence-electron chi connectivity index (χ2n) is 7.08. The quantitative estimate of drug-likeness (QED) is 0.777. The number of nitrogens with one attached hydrogen (secondary N) is 1.